The molecule has 0 radical (unpaired) electrons. The first-order valence-electron chi connectivity index (χ1n) is 5.28. The third kappa shape index (κ3) is 5.55. The second-order valence-electron chi connectivity index (χ2n) is 3.86. The summed E-state index contributed by atoms with van der Waals surface area (Å²) in [7, 11) is 0. The molecule has 1 aliphatic rings. The third-order valence-electron chi connectivity index (χ3n) is 2.39. The Morgan fingerprint density at radius 1 is 1.62 bits per heavy atom. The van der Waals surface area contributed by atoms with Gasteiger partial charge in [0.05, 0.1) is 6.10 Å². The maximum Gasteiger partial charge on any atom is 0.0512 e. The second-order valence-corrected chi connectivity index (χ2v) is 5.01. The van der Waals surface area contributed by atoms with Crippen LogP contribution in [-0.2, 0) is 0 Å². The molecule has 2 unspecified atom stereocenters. The number of hydrogen-bond acceptors (Lipinski definition) is 3. The lowest BCUT2D eigenvalue weighted by molar-refractivity contribution is 0.181. The standard InChI is InChI=1S/C10H21NOS/c1-9(12)4-2-6-11-10-5-3-7-13-8-10/h9-12H,2-8H2,1H3. The van der Waals surface area contributed by atoms with Crippen LogP contribution >= 0.6 is 11.8 Å². The van der Waals surface area contributed by atoms with Gasteiger partial charge >= 0.3 is 0 Å². The Labute approximate surface area is 85.5 Å². The van der Waals surface area contributed by atoms with E-state index in [2.05, 4.69) is 17.1 Å². The molecule has 2 N–H and O–H groups in total. The lowest BCUT2D eigenvalue weighted by Crippen LogP contribution is -2.34. The van der Waals surface area contributed by atoms with Crippen molar-refractivity contribution in [2.24, 2.45) is 0 Å². The summed E-state index contributed by atoms with van der Waals surface area (Å²) in [5.74, 6) is 2.61. The molecule has 1 fully saturated rings. The molecule has 1 rings (SSSR count). The highest BCUT2D eigenvalue weighted by atomic mass is 32.2. The number of rotatable bonds is 5. The molecule has 2 nitrogen and oxygen atoms in total. The van der Waals surface area contributed by atoms with Crippen LogP contribution in [-0.4, -0.2) is 35.3 Å². The maximum absolute atomic E-state index is 9.06. The molecule has 1 aliphatic heterocycles. The minimum Gasteiger partial charge on any atom is -0.393 e. The predicted octanol–water partition coefficient (Wildman–Crippen LogP) is 1.63. The lowest BCUT2D eigenvalue weighted by Gasteiger charge is -2.22. The van der Waals surface area contributed by atoms with Crippen molar-refractivity contribution in [3.05, 3.63) is 0 Å². The third-order valence-corrected chi connectivity index (χ3v) is 3.61. The number of aliphatic hydroxyl groups excluding tert-OH is 1. The van der Waals surface area contributed by atoms with Crippen molar-refractivity contribution in [1.82, 2.24) is 5.32 Å². The van der Waals surface area contributed by atoms with Gasteiger partial charge in [-0.05, 0) is 44.9 Å². The summed E-state index contributed by atoms with van der Waals surface area (Å²) in [6.45, 7) is 2.92. The van der Waals surface area contributed by atoms with Crippen molar-refractivity contribution in [1.29, 1.82) is 0 Å². The molecule has 0 aromatic heterocycles. The molecule has 2 atom stereocenters. The first kappa shape index (κ1) is 11.3. The van der Waals surface area contributed by atoms with Gasteiger partial charge in [0.15, 0.2) is 0 Å². The van der Waals surface area contributed by atoms with Crippen LogP contribution in [0.2, 0.25) is 0 Å². The van der Waals surface area contributed by atoms with Gasteiger partial charge in [0.25, 0.3) is 0 Å². The summed E-state index contributed by atoms with van der Waals surface area (Å²) in [6.07, 6.45) is 4.58. The van der Waals surface area contributed by atoms with E-state index in [1.165, 1.54) is 24.3 Å². The van der Waals surface area contributed by atoms with Gasteiger partial charge in [-0.3, -0.25) is 0 Å². The van der Waals surface area contributed by atoms with Gasteiger partial charge < -0.3 is 10.4 Å². The number of hydrogen-bond donors (Lipinski definition) is 2. The van der Waals surface area contributed by atoms with Crippen LogP contribution in [0, 0.1) is 0 Å². The van der Waals surface area contributed by atoms with Crippen LogP contribution in [0.4, 0.5) is 0 Å². The van der Waals surface area contributed by atoms with Crippen LogP contribution < -0.4 is 5.32 Å². The van der Waals surface area contributed by atoms with E-state index < -0.39 is 0 Å². The topological polar surface area (TPSA) is 32.3 Å². The first-order valence-corrected chi connectivity index (χ1v) is 6.43. The summed E-state index contributed by atoms with van der Waals surface area (Å²) in [5.41, 5.74) is 0. The smallest absolute Gasteiger partial charge is 0.0512 e. The van der Waals surface area contributed by atoms with E-state index in [9.17, 15) is 0 Å². The molecule has 0 aromatic rings. The minimum absolute atomic E-state index is 0.137. The monoisotopic (exact) mass is 203 g/mol. The van der Waals surface area contributed by atoms with E-state index in [4.69, 9.17) is 5.11 Å². The molecule has 0 aliphatic carbocycles. The first-order chi connectivity index (χ1) is 6.29. The van der Waals surface area contributed by atoms with Crippen molar-refractivity contribution < 1.29 is 5.11 Å². The Balaban J connectivity index is 1.92. The SMILES string of the molecule is CC(O)CCCNC1CCCSC1. The average molecular weight is 203 g/mol. The summed E-state index contributed by atoms with van der Waals surface area (Å²) in [6, 6.07) is 0.729. The fourth-order valence-electron chi connectivity index (χ4n) is 1.61. The Morgan fingerprint density at radius 3 is 3.08 bits per heavy atom. The Morgan fingerprint density at radius 2 is 2.46 bits per heavy atom. The zero-order chi connectivity index (χ0) is 9.52. The number of aliphatic hydroxyl groups is 1. The maximum atomic E-state index is 9.06. The van der Waals surface area contributed by atoms with Gasteiger partial charge in [0.2, 0.25) is 0 Å². The number of thioether (sulfide) groups is 1. The molecule has 1 saturated heterocycles. The van der Waals surface area contributed by atoms with Gasteiger partial charge in [0.1, 0.15) is 0 Å². The predicted molar refractivity (Wildman–Crippen MR) is 59.3 cm³/mol. The van der Waals surface area contributed by atoms with Crippen LogP contribution in [0.15, 0.2) is 0 Å². The molecule has 0 aromatic carbocycles. The summed E-state index contributed by atoms with van der Waals surface area (Å²) in [4.78, 5) is 0. The van der Waals surface area contributed by atoms with E-state index in [-0.39, 0.29) is 6.10 Å². The Bertz CT molecular complexity index is 124. The van der Waals surface area contributed by atoms with Crippen LogP contribution in [0.1, 0.15) is 32.6 Å². The molecular formula is C10H21NOS. The Kier molecular flexibility index (Phi) is 5.83. The minimum atomic E-state index is -0.137. The zero-order valence-corrected chi connectivity index (χ0v) is 9.28. The largest absolute Gasteiger partial charge is 0.393 e. The lowest BCUT2D eigenvalue weighted by atomic mass is 10.1. The zero-order valence-electron chi connectivity index (χ0n) is 8.46. The highest BCUT2D eigenvalue weighted by Gasteiger charge is 2.12. The molecule has 1 heterocycles. The van der Waals surface area contributed by atoms with Gasteiger partial charge in [-0.2, -0.15) is 11.8 Å². The van der Waals surface area contributed by atoms with Crippen LogP contribution in [0.5, 0.6) is 0 Å². The van der Waals surface area contributed by atoms with Crippen molar-refractivity contribution in [3.8, 4) is 0 Å². The molecule has 0 spiro atoms. The van der Waals surface area contributed by atoms with Gasteiger partial charge in [0, 0.05) is 11.8 Å². The van der Waals surface area contributed by atoms with Gasteiger partial charge in [-0.25, -0.2) is 0 Å². The van der Waals surface area contributed by atoms with E-state index >= 15 is 0 Å². The van der Waals surface area contributed by atoms with E-state index in [0.29, 0.717) is 0 Å². The molecular weight excluding hydrogens is 182 g/mol. The molecule has 0 bridgehead atoms. The van der Waals surface area contributed by atoms with Crippen molar-refractivity contribution in [2.75, 3.05) is 18.1 Å². The van der Waals surface area contributed by atoms with Gasteiger partial charge in [-0.15, -0.1) is 0 Å². The second kappa shape index (κ2) is 6.68. The number of nitrogens with one attached hydrogen (secondary N) is 1. The molecule has 0 saturated carbocycles. The average Bonchev–Trinajstić information content (AvgIpc) is 2.14. The van der Waals surface area contributed by atoms with E-state index in [0.717, 1.165) is 25.4 Å². The summed E-state index contributed by atoms with van der Waals surface area (Å²) in [5, 5.41) is 12.6. The highest BCUT2D eigenvalue weighted by molar-refractivity contribution is 7.99. The quantitative estimate of drug-likeness (QED) is 0.666. The molecule has 13 heavy (non-hydrogen) atoms. The summed E-state index contributed by atoms with van der Waals surface area (Å²) >= 11 is 2.06. The molecule has 78 valence electrons. The molecule has 0 amide bonds. The van der Waals surface area contributed by atoms with Crippen LogP contribution in [0.25, 0.3) is 0 Å². The summed E-state index contributed by atoms with van der Waals surface area (Å²) < 4.78 is 0. The van der Waals surface area contributed by atoms with Crippen LogP contribution in [0.3, 0.4) is 0 Å². The normalized spacial score (nSPS) is 25.8. The van der Waals surface area contributed by atoms with E-state index in [1.54, 1.807) is 0 Å². The van der Waals surface area contributed by atoms with Gasteiger partial charge in [-0.1, -0.05) is 0 Å². The fourth-order valence-corrected chi connectivity index (χ4v) is 2.71. The van der Waals surface area contributed by atoms with Crippen molar-refractivity contribution >= 4 is 11.8 Å². The van der Waals surface area contributed by atoms with Crippen molar-refractivity contribution in [2.45, 2.75) is 44.8 Å². The molecule has 3 heteroatoms. The van der Waals surface area contributed by atoms with Crippen molar-refractivity contribution in [3.63, 3.8) is 0 Å². The van der Waals surface area contributed by atoms with E-state index in [1.807, 2.05) is 6.92 Å². The highest BCUT2D eigenvalue weighted by Crippen LogP contribution is 2.16. The fraction of sp³-hybridized carbons (Fsp3) is 1.00. The Hall–Kier alpha value is 0.270.